The number of nitro groups is 1. The summed E-state index contributed by atoms with van der Waals surface area (Å²) in [4.78, 5) is 22.5. The van der Waals surface area contributed by atoms with Crippen molar-refractivity contribution >= 4 is 34.8 Å². The Balaban J connectivity index is 2.28. The molecule has 0 heterocycles. The number of amides is 1. The molecular weight excluding hydrogens is 315 g/mol. The topological polar surface area (TPSA) is 72.2 Å². The van der Waals surface area contributed by atoms with E-state index in [1.54, 1.807) is 0 Å². The lowest BCUT2D eigenvalue weighted by Crippen LogP contribution is -2.29. The molecule has 1 aliphatic carbocycles. The van der Waals surface area contributed by atoms with Gasteiger partial charge < -0.3 is 5.32 Å². The Morgan fingerprint density at radius 1 is 1.24 bits per heavy atom. The summed E-state index contributed by atoms with van der Waals surface area (Å²) in [7, 11) is 0. The van der Waals surface area contributed by atoms with Crippen molar-refractivity contribution in [2.75, 3.05) is 0 Å². The first kappa shape index (κ1) is 16.0. The fraction of sp³-hybridized carbons (Fsp3) is 0.500. The van der Waals surface area contributed by atoms with E-state index in [0.717, 1.165) is 6.07 Å². The second-order valence-electron chi connectivity index (χ2n) is 6.40. The van der Waals surface area contributed by atoms with Gasteiger partial charge in [-0.15, -0.1) is 0 Å². The Kier molecular flexibility index (Phi) is 3.71. The highest BCUT2D eigenvalue weighted by Gasteiger charge is 2.65. The minimum Gasteiger partial charge on any atom is -0.348 e. The van der Waals surface area contributed by atoms with Gasteiger partial charge in [-0.2, -0.15) is 0 Å². The predicted octanol–water partition coefficient (Wildman–Crippen LogP) is 4.07. The van der Waals surface area contributed by atoms with Crippen LogP contribution in [-0.2, 0) is 0 Å². The predicted molar refractivity (Wildman–Crippen MR) is 81.9 cm³/mol. The van der Waals surface area contributed by atoms with E-state index in [4.69, 9.17) is 23.2 Å². The molecule has 114 valence electrons. The normalized spacial score (nSPS) is 19.1. The smallest absolute Gasteiger partial charge is 0.290 e. The molecule has 1 fully saturated rings. The van der Waals surface area contributed by atoms with Gasteiger partial charge in [0, 0.05) is 17.7 Å². The van der Waals surface area contributed by atoms with Crippen molar-refractivity contribution in [2.24, 2.45) is 10.8 Å². The SMILES string of the molecule is CC1(C)C(NC(=O)c2cc(Cl)c(Cl)c([N+](=O)[O-])c2)C1(C)C. The number of nitrogens with zero attached hydrogens (tertiary/aromatic N) is 1. The van der Waals surface area contributed by atoms with E-state index < -0.39 is 4.92 Å². The quantitative estimate of drug-likeness (QED) is 0.670. The summed E-state index contributed by atoms with van der Waals surface area (Å²) in [5, 5.41) is 13.6. The Hall–Kier alpha value is -1.33. The zero-order chi connectivity index (χ0) is 16.2. The molecular formula is C14H16Cl2N2O3. The fourth-order valence-electron chi connectivity index (χ4n) is 2.61. The van der Waals surface area contributed by atoms with E-state index in [2.05, 4.69) is 33.0 Å². The maximum atomic E-state index is 12.3. The Morgan fingerprint density at radius 2 is 1.76 bits per heavy atom. The molecule has 5 nitrogen and oxygen atoms in total. The van der Waals surface area contributed by atoms with Gasteiger partial charge >= 0.3 is 0 Å². The van der Waals surface area contributed by atoms with Crippen LogP contribution < -0.4 is 5.32 Å². The minimum atomic E-state index is -0.657. The summed E-state index contributed by atoms with van der Waals surface area (Å²) < 4.78 is 0. The number of carbonyl (C=O) groups excluding carboxylic acids is 1. The van der Waals surface area contributed by atoms with Crippen molar-refractivity contribution in [3.8, 4) is 0 Å². The van der Waals surface area contributed by atoms with E-state index in [9.17, 15) is 14.9 Å². The lowest BCUT2D eigenvalue weighted by molar-refractivity contribution is -0.384. The summed E-state index contributed by atoms with van der Waals surface area (Å²) in [6.07, 6.45) is 0. The first-order valence-corrected chi connectivity index (χ1v) is 7.20. The third-order valence-corrected chi connectivity index (χ3v) is 5.56. The van der Waals surface area contributed by atoms with Gasteiger partial charge in [-0.1, -0.05) is 50.9 Å². The van der Waals surface area contributed by atoms with Gasteiger partial charge in [0.15, 0.2) is 0 Å². The molecule has 0 atom stereocenters. The second kappa shape index (κ2) is 4.85. The highest BCUT2D eigenvalue weighted by atomic mass is 35.5. The van der Waals surface area contributed by atoms with Gasteiger partial charge in [-0.3, -0.25) is 14.9 Å². The van der Waals surface area contributed by atoms with E-state index >= 15 is 0 Å². The van der Waals surface area contributed by atoms with Crippen molar-refractivity contribution < 1.29 is 9.72 Å². The molecule has 1 aliphatic rings. The monoisotopic (exact) mass is 330 g/mol. The van der Waals surface area contributed by atoms with Crippen LogP contribution in [0.25, 0.3) is 0 Å². The molecule has 7 heteroatoms. The molecule has 1 aromatic carbocycles. The zero-order valence-corrected chi connectivity index (χ0v) is 13.7. The van der Waals surface area contributed by atoms with E-state index in [1.165, 1.54) is 6.07 Å². The van der Waals surface area contributed by atoms with Gasteiger partial charge in [-0.25, -0.2) is 0 Å². The van der Waals surface area contributed by atoms with Crippen LogP contribution in [0.4, 0.5) is 5.69 Å². The molecule has 0 unspecified atom stereocenters. The van der Waals surface area contributed by atoms with Crippen LogP contribution in [-0.4, -0.2) is 16.9 Å². The Morgan fingerprint density at radius 3 is 2.19 bits per heavy atom. The number of benzene rings is 1. The molecule has 0 bridgehead atoms. The number of carbonyl (C=O) groups is 1. The maximum Gasteiger partial charge on any atom is 0.290 e. The number of nitrogens with one attached hydrogen (secondary N) is 1. The van der Waals surface area contributed by atoms with Gasteiger partial charge in [0.2, 0.25) is 0 Å². The van der Waals surface area contributed by atoms with E-state index in [-0.39, 0.29) is 44.1 Å². The fourth-order valence-corrected chi connectivity index (χ4v) is 3.00. The van der Waals surface area contributed by atoms with Crippen molar-refractivity contribution in [1.82, 2.24) is 5.32 Å². The van der Waals surface area contributed by atoms with Gasteiger partial charge in [0.05, 0.1) is 9.95 Å². The van der Waals surface area contributed by atoms with Crippen LogP contribution in [0, 0.1) is 20.9 Å². The Bertz CT molecular complexity index is 627. The van der Waals surface area contributed by atoms with Crippen LogP contribution in [0.1, 0.15) is 38.1 Å². The first-order chi connectivity index (χ1) is 9.50. The molecule has 0 aromatic heterocycles. The average molecular weight is 331 g/mol. The van der Waals surface area contributed by atoms with Crippen molar-refractivity contribution in [3.05, 3.63) is 37.9 Å². The summed E-state index contributed by atoms with van der Waals surface area (Å²) in [5.74, 6) is -0.389. The Labute approximate surface area is 132 Å². The van der Waals surface area contributed by atoms with Crippen LogP contribution in [0.15, 0.2) is 12.1 Å². The third-order valence-electron chi connectivity index (χ3n) is 4.76. The number of hydrogen-bond acceptors (Lipinski definition) is 3. The molecule has 1 N–H and O–H groups in total. The van der Waals surface area contributed by atoms with E-state index in [1.807, 2.05) is 0 Å². The van der Waals surface area contributed by atoms with Gasteiger partial charge in [-0.05, 0) is 16.9 Å². The lowest BCUT2D eigenvalue weighted by Gasteiger charge is -2.08. The number of rotatable bonds is 3. The average Bonchev–Trinajstić information content (AvgIpc) is 2.74. The molecule has 0 radical (unpaired) electrons. The third kappa shape index (κ3) is 2.49. The molecule has 0 aliphatic heterocycles. The first-order valence-electron chi connectivity index (χ1n) is 6.44. The second-order valence-corrected chi connectivity index (χ2v) is 7.18. The van der Waals surface area contributed by atoms with Crippen molar-refractivity contribution in [1.29, 1.82) is 0 Å². The number of hydrogen-bond donors (Lipinski definition) is 1. The van der Waals surface area contributed by atoms with Crippen molar-refractivity contribution in [2.45, 2.75) is 33.7 Å². The lowest BCUT2D eigenvalue weighted by atomic mass is 10.0. The van der Waals surface area contributed by atoms with Crippen LogP contribution in [0.2, 0.25) is 10.0 Å². The largest absolute Gasteiger partial charge is 0.348 e. The highest BCUT2D eigenvalue weighted by molar-refractivity contribution is 6.43. The van der Waals surface area contributed by atoms with Crippen LogP contribution in [0.3, 0.4) is 0 Å². The molecule has 1 amide bonds. The molecule has 2 rings (SSSR count). The van der Waals surface area contributed by atoms with E-state index in [0.29, 0.717) is 0 Å². The number of halogens is 2. The molecule has 1 saturated carbocycles. The summed E-state index contributed by atoms with van der Waals surface area (Å²) in [6, 6.07) is 2.49. The summed E-state index contributed by atoms with van der Waals surface area (Å²) in [5.41, 5.74) is -0.284. The van der Waals surface area contributed by atoms with Gasteiger partial charge in [0.1, 0.15) is 5.02 Å². The molecule has 0 saturated heterocycles. The standard InChI is InChI=1S/C14H16Cl2N2O3/c1-13(2)12(14(13,3)4)17-11(19)7-5-8(15)10(16)9(6-7)18(20)21/h5-6,12H,1-4H3,(H,17,19). The van der Waals surface area contributed by atoms with Crippen LogP contribution >= 0.6 is 23.2 Å². The highest BCUT2D eigenvalue weighted by Crippen LogP contribution is 2.62. The molecule has 1 aromatic rings. The maximum absolute atomic E-state index is 12.3. The molecule has 21 heavy (non-hydrogen) atoms. The van der Waals surface area contributed by atoms with Crippen molar-refractivity contribution in [3.63, 3.8) is 0 Å². The summed E-state index contributed by atoms with van der Waals surface area (Å²) in [6.45, 7) is 8.26. The minimum absolute atomic E-state index is 0.00556. The van der Waals surface area contributed by atoms with Gasteiger partial charge in [0.25, 0.3) is 11.6 Å². The molecule has 0 spiro atoms. The summed E-state index contributed by atoms with van der Waals surface area (Å²) >= 11 is 11.6. The van der Waals surface area contributed by atoms with Crippen LogP contribution in [0.5, 0.6) is 0 Å². The number of nitro benzene ring substituents is 1. The zero-order valence-electron chi connectivity index (χ0n) is 12.2.